The summed E-state index contributed by atoms with van der Waals surface area (Å²) in [6.07, 6.45) is -10.4. The lowest BCUT2D eigenvalue weighted by Gasteiger charge is -2.19. The van der Waals surface area contributed by atoms with E-state index in [1.54, 1.807) is 0 Å². The lowest BCUT2D eigenvalue weighted by molar-refractivity contribution is -0.140. The van der Waals surface area contributed by atoms with Crippen molar-refractivity contribution in [3.63, 3.8) is 0 Å². The van der Waals surface area contributed by atoms with Gasteiger partial charge in [-0.2, -0.15) is 26.3 Å². The third-order valence-corrected chi connectivity index (χ3v) is 5.26. The van der Waals surface area contributed by atoms with Crippen molar-refractivity contribution in [3.05, 3.63) is 73.7 Å². The van der Waals surface area contributed by atoms with Crippen LogP contribution < -0.4 is 5.32 Å². The first-order valence-electron chi connectivity index (χ1n) is 8.21. The van der Waals surface area contributed by atoms with Gasteiger partial charge >= 0.3 is 12.4 Å². The van der Waals surface area contributed by atoms with Crippen LogP contribution in [-0.2, 0) is 11.0 Å². The van der Waals surface area contributed by atoms with Gasteiger partial charge in [-0.15, -0.1) is 0 Å². The van der Waals surface area contributed by atoms with Crippen molar-refractivity contribution in [2.45, 2.75) is 18.3 Å². The number of hydrogen-bond acceptors (Lipinski definition) is 2. The van der Waals surface area contributed by atoms with E-state index in [1.165, 1.54) is 5.32 Å². The molecule has 0 fully saturated rings. The Kier molecular flexibility index (Phi) is 7.85. The monoisotopic (exact) mass is 521 g/mol. The van der Waals surface area contributed by atoms with Crippen molar-refractivity contribution >= 4 is 52.9 Å². The SMILES string of the molecule is O=CNC(=O)c1ccc(C(F)=CC(c2cc(Cl)c(Cl)c(Cl)c2)C(F)(F)F)cc1C(F)(F)F. The molecule has 172 valence electrons. The third-order valence-electron chi connectivity index (χ3n) is 4.07. The molecule has 0 spiro atoms. The topological polar surface area (TPSA) is 46.2 Å². The second-order valence-corrected chi connectivity index (χ2v) is 7.37. The molecule has 0 aromatic heterocycles. The van der Waals surface area contributed by atoms with Crippen LogP contribution >= 0.6 is 34.8 Å². The van der Waals surface area contributed by atoms with E-state index in [9.17, 15) is 40.3 Å². The van der Waals surface area contributed by atoms with Gasteiger partial charge in [-0.3, -0.25) is 14.9 Å². The fourth-order valence-electron chi connectivity index (χ4n) is 2.63. The molecule has 0 heterocycles. The molecule has 0 aliphatic carbocycles. The molecule has 0 bridgehead atoms. The van der Waals surface area contributed by atoms with E-state index in [4.69, 9.17) is 34.8 Å². The number of hydrogen-bond donors (Lipinski definition) is 1. The molecular weight excluding hydrogens is 514 g/mol. The van der Waals surface area contributed by atoms with Gasteiger partial charge in [-0.1, -0.05) is 40.9 Å². The number of carbonyl (C=O) groups is 2. The molecule has 2 amide bonds. The lowest BCUT2D eigenvalue weighted by atomic mass is 9.95. The van der Waals surface area contributed by atoms with E-state index in [0.29, 0.717) is 12.1 Å². The van der Waals surface area contributed by atoms with Crippen LogP contribution in [0.2, 0.25) is 15.1 Å². The normalized spacial score (nSPS) is 13.6. The number of alkyl halides is 6. The molecule has 32 heavy (non-hydrogen) atoms. The predicted octanol–water partition coefficient (Wildman–Crippen LogP) is 7.21. The first kappa shape index (κ1) is 26.0. The number of carbonyl (C=O) groups excluding carboxylic acids is 2. The number of rotatable bonds is 5. The zero-order valence-electron chi connectivity index (χ0n) is 15.2. The van der Waals surface area contributed by atoms with E-state index in [2.05, 4.69) is 0 Å². The minimum absolute atomic E-state index is 0.0382. The Morgan fingerprint density at radius 1 is 0.969 bits per heavy atom. The van der Waals surface area contributed by atoms with Gasteiger partial charge < -0.3 is 0 Å². The minimum Gasteiger partial charge on any atom is -0.295 e. The number of benzene rings is 2. The van der Waals surface area contributed by atoms with Crippen LogP contribution in [0, 0.1) is 0 Å². The summed E-state index contributed by atoms with van der Waals surface area (Å²) in [4.78, 5) is 22.0. The summed E-state index contributed by atoms with van der Waals surface area (Å²) in [5.74, 6) is -5.73. The molecular formula is C19H9Cl3F7NO2. The molecule has 0 saturated carbocycles. The standard InChI is InChI=1S/C19H9Cl3F7NO2/c20-13-4-9(5-14(21)16(13)22)11(18(24,25)26)6-15(23)8-1-2-10(17(32)30-7-31)12(3-8)19(27,28)29/h1-7,11H,(H,30,31,32). The number of imide groups is 1. The summed E-state index contributed by atoms with van der Waals surface area (Å²) in [5, 5.41) is 0.574. The van der Waals surface area contributed by atoms with Gasteiger partial charge in [0.1, 0.15) is 11.7 Å². The highest BCUT2D eigenvalue weighted by Crippen LogP contribution is 2.42. The smallest absolute Gasteiger partial charge is 0.295 e. The predicted molar refractivity (Wildman–Crippen MR) is 104 cm³/mol. The maximum Gasteiger partial charge on any atom is 0.417 e. The van der Waals surface area contributed by atoms with Crippen molar-refractivity contribution in [2.75, 3.05) is 0 Å². The molecule has 2 aromatic carbocycles. The average Bonchev–Trinajstić information content (AvgIpc) is 2.67. The molecule has 3 nitrogen and oxygen atoms in total. The summed E-state index contributed by atoms with van der Waals surface area (Å²) >= 11 is 17.1. The Morgan fingerprint density at radius 3 is 2.00 bits per heavy atom. The molecule has 13 heteroatoms. The fraction of sp³-hybridized carbons (Fsp3) is 0.158. The second kappa shape index (κ2) is 9.68. The van der Waals surface area contributed by atoms with Gasteiger partial charge in [0.2, 0.25) is 6.41 Å². The molecule has 1 N–H and O–H groups in total. The Morgan fingerprint density at radius 2 is 1.53 bits per heavy atom. The van der Waals surface area contributed by atoms with E-state index in [-0.39, 0.29) is 33.6 Å². The van der Waals surface area contributed by atoms with Crippen molar-refractivity contribution < 1.29 is 40.3 Å². The molecule has 0 radical (unpaired) electrons. The summed E-state index contributed by atoms with van der Waals surface area (Å²) in [6.45, 7) is 0. The summed E-state index contributed by atoms with van der Waals surface area (Å²) in [6, 6.07) is 2.94. The Balaban J connectivity index is 2.62. The van der Waals surface area contributed by atoms with Crippen LogP contribution in [0.15, 0.2) is 36.4 Å². The molecule has 1 atom stereocenters. The molecule has 2 rings (SSSR count). The van der Waals surface area contributed by atoms with Crippen LogP contribution in [-0.4, -0.2) is 18.5 Å². The molecule has 1 unspecified atom stereocenters. The Hall–Kier alpha value is -2.30. The van der Waals surface area contributed by atoms with Crippen molar-refractivity contribution in [1.29, 1.82) is 0 Å². The largest absolute Gasteiger partial charge is 0.417 e. The van der Waals surface area contributed by atoms with Crippen LogP contribution in [0.4, 0.5) is 30.7 Å². The Bertz CT molecular complexity index is 1060. The molecule has 0 aliphatic rings. The summed E-state index contributed by atoms with van der Waals surface area (Å²) in [7, 11) is 0. The van der Waals surface area contributed by atoms with Gasteiger partial charge in [0, 0.05) is 5.56 Å². The van der Waals surface area contributed by atoms with Crippen LogP contribution in [0.1, 0.15) is 33.0 Å². The molecule has 0 aliphatic heterocycles. The summed E-state index contributed by atoms with van der Waals surface area (Å²) < 4.78 is 95.3. The van der Waals surface area contributed by atoms with Crippen molar-refractivity contribution in [2.24, 2.45) is 0 Å². The third kappa shape index (κ3) is 5.93. The second-order valence-electron chi connectivity index (χ2n) is 6.18. The van der Waals surface area contributed by atoms with Gasteiger partial charge in [-0.25, -0.2) is 4.39 Å². The number of halogens is 10. The maximum atomic E-state index is 14.7. The quantitative estimate of drug-likeness (QED) is 0.256. The van der Waals surface area contributed by atoms with E-state index < -0.39 is 52.3 Å². The van der Waals surface area contributed by atoms with Gasteiger partial charge in [0.05, 0.1) is 26.2 Å². The van der Waals surface area contributed by atoms with Gasteiger partial charge in [0.25, 0.3) is 5.91 Å². The lowest BCUT2D eigenvalue weighted by Crippen LogP contribution is -2.25. The summed E-state index contributed by atoms with van der Waals surface area (Å²) in [5.41, 5.74) is -4.17. The minimum atomic E-state index is -5.17. The van der Waals surface area contributed by atoms with Crippen LogP contribution in [0.5, 0.6) is 0 Å². The van der Waals surface area contributed by atoms with Crippen LogP contribution in [0.3, 0.4) is 0 Å². The first-order valence-corrected chi connectivity index (χ1v) is 9.34. The molecule has 2 aromatic rings. The average molecular weight is 523 g/mol. The fourth-order valence-corrected chi connectivity index (χ4v) is 3.25. The van der Waals surface area contributed by atoms with E-state index in [0.717, 1.165) is 12.1 Å². The first-order chi connectivity index (χ1) is 14.7. The van der Waals surface area contributed by atoms with Gasteiger partial charge in [0.15, 0.2) is 0 Å². The van der Waals surface area contributed by atoms with E-state index in [1.807, 2.05) is 0 Å². The highest BCUT2D eigenvalue weighted by Gasteiger charge is 2.41. The highest BCUT2D eigenvalue weighted by molar-refractivity contribution is 6.48. The van der Waals surface area contributed by atoms with E-state index >= 15 is 0 Å². The van der Waals surface area contributed by atoms with Crippen molar-refractivity contribution in [1.82, 2.24) is 5.32 Å². The Labute approximate surface area is 190 Å². The van der Waals surface area contributed by atoms with Gasteiger partial charge in [-0.05, 0) is 35.9 Å². The maximum absolute atomic E-state index is 14.7. The zero-order chi connectivity index (χ0) is 24.4. The number of amides is 2. The molecule has 0 saturated heterocycles. The van der Waals surface area contributed by atoms with Crippen LogP contribution in [0.25, 0.3) is 5.83 Å². The number of nitrogens with one attached hydrogen (secondary N) is 1. The number of allylic oxidation sites excluding steroid dienone is 1. The van der Waals surface area contributed by atoms with Crippen molar-refractivity contribution in [3.8, 4) is 0 Å². The zero-order valence-corrected chi connectivity index (χ0v) is 17.5. The highest BCUT2D eigenvalue weighted by atomic mass is 35.5.